The first-order valence-electron chi connectivity index (χ1n) is 11.1. The SMILES string of the molecule is O=C(COC(=O)[C@@H]1CC(=O)N(NC(=O)c2ccccc2)C1)c1ccc(OC(=O)c2ccccc2)cc1. The number of nitrogens with one attached hydrogen (secondary N) is 1. The van der Waals surface area contributed by atoms with Gasteiger partial charge in [-0.15, -0.1) is 0 Å². The maximum atomic E-state index is 12.4. The number of Topliss-reactive ketones (excluding diaryl/α,β-unsaturated/α-hetero) is 1. The second-order valence-electron chi connectivity index (χ2n) is 8.02. The summed E-state index contributed by atoms with van der Waals surface area (Å²) in [7, 11) is 0. The fourth-order valence-electron chi connectivity index (χ4n) is 3.54. The average molecular weight is 486 g/mol. The molecule has 36 heavy (non-hydrogen) atoms. The fraction of sp³-hybridized carbons (Fsp3) is 0.148. The lowest BCUT2D eigenvalue weighted by atomic mass is 10.1. The minimum absolute atomic E-state index is 0.0497. The first-order chi connectivity index (χ1) is 17.4. The van der Waals surface area contributed by atoms with Crippen LogP contribution in [0, 0.1) is 5.92 Å². The third kappa shape index (κ3) is 6.01. The number of esters is 2. The molecule has 1 aliphatic heterocycles. The van der Waals surface area contributed by atoms with Crippen molar-refractivity contribution in [2.45, 2.75) is 6.42 Å². The lowest BCUT2D eigenvalue weighted by molar-refractivity contribution is -0.147. The quantitative estimate of drug-likeness (QED) is 0.295. The van der Waals surface area contributed by atoms with Gasteiger partial charge in [-0.1, -0.05) is 36.4 Å². The number of ether oxygens (including phenoxy) is 2. The molecule has 0 radical (unpaired) electrons. The second kappa shape index (κ2) is 11.1. The topological polar surface area (TPSA) is 119 Å². The number of amides is 2. The van der Waals surface area contributed by atoms with Crippen LogP contribution in [-0.4, -0.2) is 47.7 Å². The van der Waals surface area contributed by atoms with Crippen molar-refractivity contribution in [3.8, 4) is 5.75 Å². The van der Waals surface area contributed by atoms with Crippen LogP contribution in [-0.2, 0) is 14.3 Å². The van der Waals surface area contributed by atoms with Crippen molar-refractivity contribution in [3.63, 3.8) is 0 Å². The van der Waals surface area contributed by atoms with E-state index >= 15 is 0 Å². The highest BCUT2D eigenvalue weighted by atomic mass is 16.5. The lowest BCUT2D eigenvalue weighted by Crippen LogP contribution is -2.43. The molecule has 1 atom stereocenters. The van der Waals surface area contributed by atoms with Crippen molar-refractivity contribution in [1.82, 2.24) is 10.4 Å². The van der Waals surface area contributed by atoms with Crippen LogP contribution in [0.4, 0.5) is 0 Å². The van der Waals surface area contributed by atoms with Crippen LogP contribution >= 0.6 is 0 Å². The molecule has 0 aliphatic carbocycles. The fourth-order valence-corrected chi connectivity index (χ4v) is 3.54. The number of hydrogen-bond acceptors (Lipinski definition) is 7. The van der Waals surface area contributed by atoms with Gasteiger partial charge in [0.05, 0.1) is 18.0 Å². The molecule has 1 fully saturated rings. The first kappa shape index (κ1) is 24.3. The molecule has 9 heteroatoms. The maximum Gasteiger partial charge on any atom is 0.343 e. The molecule has 3 aromatic carbocycles. The Bertz CT molecular complexity index is 1270. The van der Waals surface area contributed by atoms with Crippen LogP contribution in [0.15, 0.2) is 84.9 Å². The standard InChI is InChI=1S/C27H22N2O7/c30-23(18-11-13-22(14-12-18)36-27(34)20-9-5-2-6-10-20)17-35-26(33)21-15-24(31)29(16-21)28-25(32)19-7-3-1-4-8-19/h1-14,21H,15-17H2,(H,28,32)/t21-/m1/s1. The van der Waals surface area contributed by atoms with E-state index in [1.807, 2.05) is 0 Å². The molecule has 0 saturated carbocycles. The van der Waals surface area contributed by atoms with Gasteiger partial charge in [0.15, 0.2) is 12.4 Å². The number of hydrogen-bond donors (Lipinski definition) is 1. The number of nitrogens with zero attached hydrogens (tertiary/aromatic N) is 1. The van der Waals surface area contributed by atoms with E-state index < -0.39 is 42.1 Å². The smallest absolute Gasteiger partial charge is 0.343 e. The van der Waals surface area contributed by atoms with Gasteiger partial charge in [0, 0.05) is 17.5 Å². The highest BCUT2D eigenvalue weighted by Gasteiger charge is 2.36. The number of rotatable bonds is 8. The van der Waals surface area contributed by atoms with Crippen LogP contribution in [0.2, 0.25) is 0 Å². The summed E-state index contributed by atoms with van der Waals surface area (Å²) in [6.45, 7) is -0.561. The number of ketones is 1. The molecule has 9 nitrogen and oxygen atoms in total. The maximum absolute atomic E-state index is 12.4. The Hall–Kier alpha value is -4.79. The largest absolute Gasteiger partial charge is 0.457 e. The molecule has 0 bridgehead atoms. The van der Waals surface area contributed by atoms with Gasteiger partial charge in [-0.05, 0) is 48.5 Å². The minimum Gasteiger partial charge on any atom is -0.457 e. The van der Waals surface area contributed by atoms with Crippen LogP contribution in [0.3, 0.4) is 0 Å². The van der Waals surface area contributed by atoms with Gasteiger partial charge in [-0.3, -0.25) is 29.6 Å². The van der Waals surface area contributed by atoms with Crippen LogP contribution in [0.5, 0.6) is 5.75 Å². The Balaban J connectivity index is 1.25. The van der Waals surface area contributed by atoms with Crippen LogP contribution < -0.4 is 10.2 Å². The Kier molecular flexibility index (Phi) is 7.50. The summed E-state index contributed by atoms with van der Waals surface area (Å²) in [5, 5.41) is 1.08. The lowest BCUT2D eigenvalue weighted by Gasteiger charge is -2.17. The van der Waals surface area contributed by atoms with Gasteiger partial charge in [-0.25, -0.2) is 4.79 Å². The van der Waals surface area contributed by atoms with Crippen molar-refractivity contribution in [2.24, 2.45) is 5.92 Å². The minimum atomic E-state index is -0.804. The number of hydrazine groups is 1. The summed E-state index contributed by atoms with van der Waals surface area (Å²) in [5.74, 6) is -3.12. The van der Waals surface area contributed by atoms with E-state index in [0.29, 0.717) is 11.1 Å². The molecule has 0 aromatic heterocycles. The summed E-state index contributed by atoms with van der Waals surface area (Å²) >= 11 is 0. The Morgan fingerprint density at radius 1 is 0.806 bits per heavy atom. The summed E-state index contributed by atoms with van der Waals surface area (Å²) < 4.78 is 10.4. The van der Waals surface area contributed by atoms with Gasteiger partial charge < -0.3 is 9.47 Å². The Morgan fingerprint density at radius 3 is 2.06 bits per heavy atom. The number of carbonyl (C=O) groups excluding carboxylic acids is 5. The van der Waals surface area contributed by atoms with Gasteiger partial charge in [-0.2, -0.15) is 0 Å². The van der Waals surface area contributed by atoms with E-state index in [-0.39, 0.29) is 24.3 Å². The molecule has 1 saturated heterocycles. The zero-order valence-electron chi connectivity index (χ0n) is 19.1. The van der Waals surface area contributed by atoms with Crippen molar-refractivity contribution in [3.05, 3.63) is 102 Å². The first-order valence-corrected chi connectivity index (χ1v) is 11.1. The highest BCUT2D eigenvalue weighted by Crippen LogP contribution is 2.19. The molecule has 1 aliphatic rings. The highest BCUT2D eigenvalue weighted by molar-refractivity contribution is 5.99. The van der Waals surface area contributed by atoms with Gasteiger partial charge >= 0.3 is 11.9 Å². The molecular formula is C27H22N2O7. The molecule has 2 amide bonds. The molecule has 182 valence electrons. The van der Waals surface area contributed by atoms with Gasteiger partial charge in [0.25, 0.3) is 5.91 Å². The third-order valence-electron chi connectivity index (χ3n) is 5.47. The average Bonchev–Trinajstić information content (AvgIpc) is 3.28. The van der Waals surface area contributed by atoms with Crippen molar-refractivity contribution in [2.75, 3.05) is 13.2 Å². The Labute approximate surface area is 206 Å². The Morgan fingerprint density at radius 2 is 1.42 bits per heavy atom. The normalized spacial score (nSPS) is 14.7. The number of benzene rings is 3. The van der Waals surface area contributed by atoms with Crippen molar-refractivity contribution < 1.29 is 33.4 Å². The predicted octanol–water partition coefficient (Wildman–Crippen LogP) is 2.83. The van der Waals surface area contributed by atoms with Crippen molar-refractivity contribution in [1.29, 1.82) is 0 Å². The molecule has 4 rings (SSSR count). The van der Waals surface area contributed by atoms with Crippen molar-refractivity contribution >= 4 is 29.5 Å². The molecule has 0 unspecified atom stereocenters. The predicted molar refractivity (Wildman–Crippen MR) is 127 cm³/mol. The summed E-state index contributed by atoms with van der Waals surface area (Å²) in [6, 6.07) is 22.7. The van der Waals surface area contributed by atoms with E-state index in [2.05, 4.69) is 5.43 Å². The van der Waals surface area contributed by atoms with E-state index in [0.717, 1.165) is 5.01 Å². The monoisotopic (exact) mass is 486 g/mol. The summed E-state index contributed by atoms with van der Waals surface area (Å²) in [4.78, 5) is 61.4. The number of carbonyl (C=O) groups is 5. The molecule has 1 N–H and O–H groups in total. The molecule has 0 spiro atoms. The van der Waals surface area contributed by atoms with E-state index in [1.165, 1.54) is 24.3 Å². The van der Waals surface area contributed by atoms with E-state index in [1.54, 1.807) is 60.7 Å². The van der Waals surface area contributed by atoms with Crippen LogP contribution in [0.1, 0.15) is 37.5 Å². The molecular weight excluding hydrogens is 464 g/mol. The summed E-state index contributed by atoms with van der Waals surface area (Å²) in [6.07, 6.45) is -0.135. The van der Waals surface area contributed by atoms with E-state index in [9.17, 15) is 24.0 Å². The van der Waals surface area contributed by atoms with Crippen LogP contribution in [0.25, 0.3) is 0 Å². The zero-order chi connectivity index (χ0) is 25.5. The molecule has 1 heterocycles. The third-order valence-corrected chi connectivity index (χ3v) is 5.47. The van der Waals surface area contributed by atoms with E-state index in [4.69, 9.17) is 9.47 Å². The van der Waals surface area contributed by atoms with Gasteiger partial charge in [0.2, 0.25) is 5.91 Å². The zero-order valence-corrected chi connectivity index (χ0v) is 19.1. The summed E-state index contributed by atoms with van der Waals surface area (Å²) in [5.41, 5.74) is 3.52. The second-order valence-corrected chi connectivity index (χ2v) is 8.02. The van der Waals surface area contributed by atoms with Gasteiger partial charge in [0.1, 0.15) is 5.75 Å². The molecule has 3 aromatic rings.